The first-order valence-corrected chi connectivity index (χ1v) is 7.50. The van der Waals surface area contributed by atoms with E-state index in [1.54, 1.807) is 7.11 Å². The van der Waals surface area contributed by atoms with Gasteiger partial charge in [0.05, 0.1) is 12.8 Å². The third-order valence-electron chi connectivity index (χ3n) is 4.10. The van der Waals surface area contributed by atoms with Crippen LogP contribution in [0.15, 0.2) is 48.5 Å². The molecule has 1 aliphatic rings. The van der Waals surface area contributed by atoms with E-state index in [4.69, 9.17) is 4.74 Å². The van der Waals surface area contributed by atoms with Gasteiger partial charge in [-0.2, -0.15) is 0 Å². The lowest BCUT2D eigenvalue weighted by molar-refractivity contribution is 0.112. The molecule has 1 heterocycles. The highest BCUT2D eigenvalue weighted by Crippen LogP contribution is 2.29. The Labute approximate surface area is 130 Å². The number of hydrogen-bond donors (Lipinski definition) is 0. The number of aldehydes is 1. The number of benzene rings is 2. The minimum atomic E-state index is 0.719. The second kappa shape index (κ2) is 6.52. The van der Waals surface area contributed by atoms with Crippen LogP contribution in [0.5, 0.6) is 5.75 Å². The van der Waals surface area contributed by atoms with Gasteiger partial charge in [0.25, 0.3) is 0 Å². The molecular weight excluding hydrogens is 276 g/mol. The van der Waals surface area contributed by atoms with Crippen LogP contribution < -0.4 is 14.5 Å². The molecule has 0 aliphatic carbocycles. The molecule has 22 heavy (non-hydrogen) atoms. The van der Waals surface area contributed by atoms with E-state index in [9.17, 15) is 4.79 Å². The first-order valence-electron chi connectivity index (χ1n) is 7.50. The zero-order valence-electron chi connectivity index (χ0n) is 12.7. The number of methoxy groups -OCH3 is 1. The predicted octanol–water partition coefficient (Wildman–Crippen LogP) is 2.83. The molecule has 1 fully saturated rings. The maximum atomic E-state index is 10.7. The Kier molecular flexibility index (Phi) is 4.28. The Balaban J connectivity index is 1.68. The predicted molar refractivity (Wildman–Crippen MR) is 89.2 cm³/mol. The lowest BCUT2D eigenvalue weighted by Gasteiger charge is -2.37. The smallest absolute Gasteiger partial charge is 0.150 e. The van der Waals surface area contributed by atoms with Gasteiger partial charge in [-0.25, -0.2) is 0 Å². The summed E-state index contributed by atoms with van der Waals surface area (Å²) < 4.78 is 5.45. The van der Waals surface area contributed by atoms with Crippen LogP contribution in [0.2, 0.25) is 0 Å². The van der Waals surface area contributed by atoms with Crippen LogP contribution in [0.25, 0.3) is 0 Å². The molecule has 0 atom stereocenters. The summed E-state index contributed by atoms with van der Waals surface area (Å²) in [6.07, 6.45) is 0.878. The minimum absolute atomic E-state index is 0.719. The molecule has 0 spiro atoms. The molecule has 4 heteroatoms. The van der Waals surface area contributed by atoms with E-state index in [1.807, 2.05) is 42.5 Å². The highest BCUT2D eigenvalue weighted by atomic mass is 16.5. The average molecular weight is 296 g/mol. The Bertz CT molecular complexity index is 632. The van der Waals surface area contributed by atoms with Crippen LogP contribution in [0, 0.1) is 0 Å². The third kappa shape index (κ3) is 2.91. The summed E-state index contributed by atoms with van der Waals surface area (Å²) in [5.41, 5.74) is 3.04. The summed E-state index contributed by atoms with van der Waals surface area (Å²) in [4.78, 5) is 15.4. The fourth-order valence-corrected chi connectivity index (χ4v) is 2.86. The largest absolute Gasteiger partial charge is 0.495 e. The van der Waals surface area contributed by atoms with Crippen molar-refractivity contribution in [3.8, 4) is 5.75 Å². The van der Waals surface area contributed by atoms with Gasteiger partial charge in [0, 0.05) is 37.4 Å². The Morgan fingerprint density at radius 2 is 1.55 bits per heavy atom. The second-order valence-corrected chi connectivity index (χ2v) is 5.36. The summed E-state index contributed by atoms with van der Waals surface area (Å²) in [5, 5.41) is 0. The third-order valence-corrected chi connectivity index (χ3v) is 4.10. The summed E-state index contributed by atoms with van der Waals surface area (Å²) in [6.45, 7) is 3.82. The molecule has 2 aromatic carbocycles. The molecule has 0 radical (unpaired) electrons. The van der Waals surface area contributed by atoms with Crippen LogP contribution in [0.1, 0.15) is 10.4 Å². The van der Waals surface area contributed by atoms with Crippen molar-refractivity contribution >= 4 is 17.7 Å². The van der Waals surface area contributed by atoms with E-state index in [0.29, 0.717) is 0 Å². The molecule has 0 aromatic heterocycles. The molecular formula is C18H20N2O2. The maximum Gasteiger partial charge on any atom is 0.150 e. The lowest BCUT2D eigenvalue weighted by atomic mass is 10.2. The maximum absolute atomic E-state index is 10.7. The zero-order valence-corrected chi connectivity index (χ0v) is 12.7. The van der Waals surface area contributed by atoms with Gasteiger partial charge >= 0.3 is 0 Å². The molecule has 1 aliphatic heterocycles. The van der Waals surface area contributed by atoms with E-state index in [1.165, 1.54) is 5.69 Å². The van der Waals surface area contributed by atoms with Crippen molar-refractivity contribution < 1.29 is 9.53 Å². The normalized spacial score (nSPS) is 14.8. The van der Waals surface area contributed by atoms with Crippen molar-refractivity contribution in [3.05, 3.63) is 54.1 Å². The van der Waals surface area contributed by atoms with Crippen molar-refractivity contribution in [2.75, 3.05) is 43.1 Å². The van der Waals surface area contributed by atoms with Crippen LogP contribution in [-0.2, 0) is 0 Å². The van der Waals surface area contributed by atoms with Crippen molar-refractivity contribution in [1.29, 1.82) is 0 Å². The summed E-state index contributed by atoms with van der Waals surface area (Å²) in [5.74, 6) is 0.922. The number of carbonyl (C=O) groups is 1. The fourth-order valence-electron chi connectivity index (χ4n) is 2.86. The molecule has 0 N–H and O–H groups in total. The van der Waals surface area contributed by atoms with E-state index in [0.717, 1.165) is 49.5 Å². The molecule has 3 rings (SSSR count). The average Bonchev–Trinajstić information content (AvgIpc) is 2.62. The molecule has 0 bridgehead atoms. The SMILES string of the molecule is COc1ccccc1N1CCN(c2ccc(C=O)cc2)CC1. The molecule has 1 saturated heterocycles. The minimum Gasteiger partial charge on any atom is -0.495 e. The van der Waals surface area contributed by atoms with E-state index in [-0.39, 0.29) is 0 Å². The highest BCUT2D eigenvalue weighted by molar-refractivity contribution is 5.75. The molecule has 2 aromatic rings. The van der Waals surface area contributed by atoms with Crippen molar-refractivity contribution in [2.24, 2.45) is 0 Å². The van der Waals surface area contributed by atoms with Gasteiger partial charge in [-0.1, -0.05) is 12.1 Å². The van der Waals surface area contributed by atoms with Crippen molar-refractivity contribution in [2.45, 2.75) is 0 Å². The number of hydrogen-bond acceptors (Lipinski definition) is 4. The zero-order chi connectivity index (χ0) is 15.4. The molecule has 114 valence electrons. The van der Waals surface area contributed by atoms with Crippen LogP contribution in [-0.4, -0.2) is 39.6 Å². The Hall–Kier alpha value is -2.49. The van der Waals surface area contributed by atoms with Gasteiger partial charge in [-0.3, -0.25) is 4.79 Å². The number of rotatable bonds is 4. The Morgan fingerprint density at radius 1 is 0.909 bits per heavy atom. The number of carbonyl (C=O) groups excluding carboxylic acids is 1. The Morgan fingerprint density at radius 3 is 2.18 bits per heavy atom. The van der Waals surface area contributed by atoms with Crippen LogP contribution in [0.4, 0.5) is 11.4 Å². The fraction of sp³-hybridized carbons (Fsp3) is 0.278. The van der Waals surface area contributed by atoms with E-state index in [2.05, 4.69) is 15.9 Å². The first-order chi connectivity index (χ1) is 10.8. The van der Waals surface area contributed by atoms with Gasteiger partial charge in [0.1, 0.15) is 12.0 Å². The van der Waals surface area contributed by atoms with Crippen LogP contribution >= 0.6 is 0 Å². The van der Waals surface area contributed by atoms with E-state index >= 15 is 0 Å². The second-order valence-electron chi connectivity index (χ2n) is 5.36. The van der Waals surface area contributed by atoms with Gasteiger partial charge in [0.15, 0.2) is 0 Å². The van der Waals surface area contributed by atoms with Crippen molar-refractivity contribution in [1.82, 2.24) is 0 Å². The number of ether oxygens (including phenoxy) is 1. The molecule has 0 unspecified atom stereocenters. The summed E-state index contributed by atoms with van der Waals surface area (Å²) in [7, 11) is 1.71. The molecule has 4 nitrogen and oxygen atoms in total. The van der Waals surface area contributed by atoms with Gasteiger partial charge in [0.2, 0.25) is 0 Å². The number of anilines is 2. The standard InChI is InChI=1S/C18H20N2O2/c1-22-18-5-3-2-4-17(18)20-12-10-19(11-13-20)16-8-6-15(14-21)7-9-16/h2-9,14H,10-13H2,1H3. The van der Waals surface area contributed by atoms with Gasteiger partial charge in [-0.15, -0.1) is 0 Å². The quantitative estimate of drug-likeness (QED) is 0.812. The van der Waals surface area contributed by atoms with Crippen molar-refractivity contribution in [3.63, 3.8) is 0 Å². The molecule has 0 amide bonds. The summed E-state index contributed by atoms with van der Waals surface area (Å²) >= 11 is 0. The monoisotopic (exact) mass is 296 g/mol. The first kappa shape index (κ1) is 14.4. The lowest BCUT2D eigenvalue weighted by Crippen LogP contribution is -2.46. The molecule has 0 saturated carbocycles. The van der Waals surface area contributed by atoms with Gasteiger partial charge < -0.3 is 14.5 Å². The highest BCUT2D eigenvalue weighted by Gasteiger charge is 2.19. The number of nitrogens with zero attached hydrogens (tertiary/aromatic N) is 2. The number of para-hydroxylation sites is 2. The topological polar surface area (TPSA) is 32.8 Å². The van der Waals surface area contributed by atoms with Crippen LogP contribution in [0.3, 0.4) is 0 Å². The summed E-state index contributed by atoms with van der Waals surface area (Å²) in [6, 6.07) is 15.9. The van der Waals surface area contributed by atoms with E-state index < -0.39 is 0 Å². The number of piperazine rings is 1. The van der Waals surface area contributed by atoms with Gasteiger partial charge in [-0.05, 0) is 36.4 Å².